The molecule has 0 bridgehead atoms. The van der Waals surface area contributed by atoms with Crippen molar-refractivity contribution < 1.29 is 0 Å². The molecular formula is C9H10ClN5. The van der Waals surface area contributed by atoms with Crippen molar-refractivity contribution in [3.63, 3.8) is 0 Å². The molecule has 0 fully saturated rings. The summed E-state index contributed by atoms with van der Waals surface area (Å²) < 4.78 is 0. The first-order valence-corrected chi connectivity index (χ1v) is 4.70. The lowest BCUT2D eigenvalue weighted by Gasteiger charge is -1.99. The molecule has 0 spiro atoms. The number of anilines is 1. The molecule has 1 aromatic rings. The van der Waals surface area contributed by atoms with Crippen molar-refractivity contribution in [1.82, 2.24) is 4.98 Å². The molecule has 15 heavy (non-hydrogen) atoms. The summed E-state index contributed by atoms with van der Waals surface area (Å²) in [6, 6.07) is 1.59. The molecule has 0 radical (unpaired) electrons. The maximum atomic E-state index is 8.05. The molecule has 78 valence electrons. The van der Waals surface area contributed by atoms with Crippen molar-refractivity contribution >= 4 is 23.4 Å². The van der Waals surface area contributed by atoms with E-state index in [1.165, 1.54) is 0 Å². The number of aromatic nitrogens is 1. The van der Waals surface area contributed by atoms with Crippen molar-refractivity contribution in [1.29, 1.82) is 0 Å². The van der Waals surface area contributed by atoms with Crippen LogP contribution in [0, 0.1) is 0 Å². The predicted octanol–water partition coefficient (Wildman–Crippen LogP) is 3.03. The summed E-state index contributed by atoms with van der Waals surface area (Å²) in [5, 5.41) is 3.77. The third-order valence-corrected chi connectivity index (χ3v) is 1.90. The van der Waals surface area contributed by atoms with Gasteiger partial charge in [0, 0.05) is 28.9 Å². The van der Waals surface area contributed by atoms with E-state index in [0.717, 1.165) is 5.56 Å². The third-order valence-electron chi connectivity index (χ3n) is 1.69. The molecule has 0 unspecified atom stereocenters. The third kappa shape index (κ3) is 3.89. The number of nitrogens with zero attached hydrogens (tertiary/aromatic N) is 4. The molecule has 0 saturated heterocycles. The molecule has 0 aliphatic heterocycles. The number of hydrogen-bond donors (Lipinski definition) is 1. The standard InChI is InChI=1S/C9H10ClN5/c10-9-5-8(11)7(6-13-9)3-1-2-4-14-15-12/h1,3,5-6H,2,4H2,(H2,11,13). The highest BCUT2D eigenvalue weighted by Gasteiger charge is 1.96. The molecule has 0 atom stereocenters. The van der Waals surface area contributed by atoms with Gasteiger partial charge in [-0.25, -0.2) is 4.98 Å². The Morgan fingerprint density at radius 3 is 3.13 bits per heavy atom. The smallest absolute Gasteiger partial charge is 0.131 e. The maximum Gasteiger partial charge on any atom is 0.131 e. The van der Waals surface area contributed by atoms with Crippen LogP contribution in [0.3, 0.4) is 0 Å². The van der Waals surface area contributed by atoms with Crippen LogP contribution in [0.15, 0.2) is 23.5 Å². The molecule has 2 N–H and O–H groups in total. The zero-order chi connectivity index (χ0) is 11.1. The quantitative estimate of drug-likeness (QED) is 0.280. The maximum absolute atomic E-state index is 8.05. The first-order chi connectivity index (χ1) is 7.24. The molecule has 1 heterocycles. The minimum Gasteiger partial charge on any atom is -0.398 e. The van der Waals surface area contributed by atoms with Gasteiger partial charge in [0.05, 0.1) is 0 Å². The van der Waals surface area contributed by atoms with Gasteiger partial charge in [-0.3, -0.25) is 0 Å². The van der Waals surface area contributed by atoms with Crippen LogP contribution in [0.1, 0.15) is 12.0 Å². The summed E-state index contributed by atoms with van der Waals surface area (Å²) in [7, 11) is 0. The Morgan fingerprint density at radius 1 is 1.67 bits per heavy atom. The van der Waals surface area contributed by atoms with Gasteiger partial charge in [-0.05, 0) is 18.0 Å². The van der Waals surface area contributed by atoms with Gasteiger partial charge in [-0.15, -0.1) is 0 Å². The zero-order valence-electron chi connectivity index (χ0n) is 7.97. The predicted molar refractivity (Wildman–Crippen MR) is 61.3 cm³/mol. The van der Waals surface area contributed by atoms with E-state index in [0.29, 0.717) is 23.8 Å². The zero-order valence-corrected chi connectivity index (χ0v) is 8.72. The van der Waals surface area contributed by atoms with Crippen LogP contribution in [0.4, 0.5) is 5.69 Å². The second kappa shape index (κ2) is 5.90. The Hall–Kier alpha value is -1.71. The van der Waals surface area contributed by atoms with Crippen LogP contribution in [0.25, 0.3) is 16.5 Å². The summed E-state index contributed by atoms with van der Waals surface area (Å²) in [5.41, 5.74) is 15.1. The van der Waals surface area contributed by atoms with Crippen molar-refractivity contribution in [2.45, 2.75) is 6.42 Å². The number of pyridine rings is 1. The summed E-state index contributed by atoms with van der Waals surface area (Å²) in [6.45, 7) is 0.438. The number of rotatable bonds is 4. The first kappa shape index (κ1) is 11.4. The molecule has 0 aliphatic rings. The van der Waals surface area contributed by atoms with Gasteiger partial charge in [0.15, 0.2) is 0 Å². The Kier molecular flexibility index (Phi) is 4.47. The average molecular weight is 224 g/mol. The van der Waals surface area contributed by atoms with E-state index in [-0.39, 0.29) is 0 Å². The summed E-state index contributed by atoms with van der Waals surface area (Å²) >= 11 is 5.65. The van der Waals surface area contributed by atoms with Crippen molar-refractivity contribution in [2.75, 3.05) is 12.3 Å². The van der Waals surface area contributed by atoms with E-state index in [1.807, 2.05) is 12.2 Å². The number of halogens is 1. The summed E-state index contributed by atoms with van der Waals surface area (Å²) in [6.07, 6.45) is 5.97. The number of nitrogens with two attached hydrogens (primary N) is 1. The van der Waals surface area contributed by atoms with E-state index in [2.05, 4.69) is 15.0 Å². The van der Waals surface area contributed by atoms with E-state index in [9.17, 15) is 0 Å². The highest BCUT2D eigenvalue weighted by Crippen LogP contribution is 2.16. The van der Waals surface area contributed by atoms with Gasteiger partial charge in [0.25, 0.3) is 0 Å². The Morgan fingerprint density at radius 2 is 2.47 bits per heavy atom. The molecule has 1 rings (SSSR count). The molecule has 5 nitrogen and oxygen atoms in total. The molecule has 1 aromatic heterocycles. The van der Waals surface area contributed by atoms with Crippen molar-refractivity contribution in [3.8, 4) is 0 Å². The molecule has 0 aromatic carbocycles. The summed E-state index contributed by atoms with van der Waals surface area (Å²) in [5.74, 6) is 0. The van der Waals surface area contributed by atoms with Gasteiger partial charge in [0.2, 0.25) is 0 Å². The van der Waals surface area contributed by atoms with E-state index >= 15 is 0 Å². The minimum atomic E-state index is 0.374. The van der Waals surface area contributed by atoms with Crippen molar-refractivity contribution in [2.24, 2.45) is 5.11 Å². The van der Waals surface area contributed by atoms with E-state index in [4.69, 9.17) is 22.9 Å². The van der Waals surface area contributed by atoms with E-state index in [1.54, 1.807) is 12.3 Å². The first-order valence-electron chi connectivity index (χ1n) is 4.32. The van der Waals surface area contributed by atoms with E-state index < -0.39 is 0 Å². The van der Waals surface area contributed by atoms with Gasteiger partial charge < -0.3 is 5.73 Å². The summed E-state index contributed by atoms with van der Waals surface area (Å²) in [4.78, 5) is 6.55. The van der Waals surface area contributed by atoms with Gasteiger partial charge in [-0.1, -0.05) is 28.9 Å². The molecule has 6 heteroatoms. The van der Waals surface area contributed by atoms with Crippen LogP contribution in [-0.4, -0.2) is 11.5 Å². The highest BCUT2D eigenvalue weighted by atomic mass is 35.5. The minimum absolute atomic E-state index is 0.374. The second-order valence-corrected chi connectivity index (χ2v) is 3.17. The average Bonchev–Trinajstić information content (AvgIpc) is 2.20. The number of hydrogen-bond acceptors (Lipinski definition) is 3. The van der Waals surface area contributed by atoms with Gasteiger partial charge in [0.1, 0.15) is 5.15 Å². The fourth-order valence-electron chi connectivity index (χ4n) is 0.981. The van der Waals surface area contributed by atoms with Crippen LogP contribution in [0.5, 0.6) is 0 Å². The van der Waals surface area contributed by atoms with Crippen LogP contribution in [0.2, 0.25) is 5.15 Å². The number of nitrogen functional groups attached to an aromatic ring is 1. The molecular weight excluding hydrogens is 214 g/mol. The lowest BCUT2D eigenvalue weighted by atomic mass is 10.2. The lowest BCUT2D eigenvalue weighted by molar-refractivity contribution is 0.995. The fourth-order valence-corrected chi connectivity index (χ4v) is 1.15. The van der Waals surface area contributed by atoms with Gasteiger partial charge >= 0.3 is 0 Å². The Labute approximate surface area is 92.2 Å². The van der Waals surface area contributed by atoms with Crippen molar-refractivity contribution in [3.05, 3.63) is 39.5 Å². The molecule has 0 aliphatic carbocycles. The monoisotopic (exact) mass is 223 g/mol. The SMILES string of the molecule is [N-]=[N+]=NCCC=Cc1cnc(Cl)cc1N. The highest BCUT2D eigenvalue weighted by molar-refractivity contribution is 6.29. The largest absolute Gasteiger partial charge is 0.398 e. The van der Waals surface area contributed by atoms with Crippen LogP contribution < -0.4 is 5.73 Å². The Bertz CT molecular complexity index is 409. The Balaban J connectivity index is 2.60. The fraction of sp³-hybridized carbons (Fsp3) is 0.222. The normalized spacial score (nSPS) is 10.2. The molecule has 0 saturated carbocycles. The topological polar surface area (TPSA) is 87.7 Å². The van der Waals surface area contributed by atoms with Crippen LogP contribution >= 0.6 is 11.6 Å². The molecule has 0 amide bonds. The van der Waals surface area contributed by atoms with Crippen LogP contribution in [-0.2, 0) is 0 Å². The second-order valence-electron chi connectivity index (χ2n) is 2.78. The number of azide groups is 1. The van der Waals surface area contributed by atoms with Gasteiger partial charge in [-0.2, -0.15) is 0 Å². The lowest BCUT2D eigenvalue weighted by Crippen LogP contribution is -1.90.